The summed E-state index contributed by atoms with van der Waals surface area (Å²) in [4.78, 5) is 24.3. The van der Waals surface area contributed by atoms with E-state index in [0.717, 1.165) is 24.6 Å². The molecule has 3 N–H and O–H groups in total. The lowest BCUT2D eigenvalue weighted by Gasteiger charge is -2.16. The molecule has 1 aromatic rings. The van der Waals surface area contributed by atoms with Crippen LogP contribution in [0, 0.1) is 11.8 Å². The molecular weight excluding hydrogens is 278 g/mol. The highest BCUT2D eigenvalue weighted by Crippen LogP contribution is 2.32. The van der Waals surface area contributed by atoms with E-state index in [1.807, 2.05) is 19.9 Å². The number of hydrogen-bond donors (Lipinski definition) is 3. The first kappa shape index (κ1) is 14.9. The van der Waals surface area contributed by atoms with Gasteiger partial charge in [-0.15, -0.1) is 0 Å². The molecule has 2 unspecified atom stereocenters. The minimum atomic E-state index is -0.122. The Kier molecular flexibility index (Phi) is 4.05. The molecular formula is C17H23N3O2. The number of carbonyl (C=O) groups excluding carboxylic acids is 2. The topological polar surface area (TPSA) is 70.2 Å². The summed E-state index contributed by atoms with van der Waals surface area (Å²) in [5.74, 6) is 0.579. The summed E-state index contributed by atoms with van der Waals surface area (Å²) < 4.78 is 0. The third kappa shape index (κ3) is 3.24. The molecule has 1 heterocycles. The summed E-state index contributed by atoms with van der Waals surface area (Å²) in [5, 5.41) is 9.17. The van der Waals surface area contributed by atoms with Crippen LogP contribution in [-0.4, -0.2) is 24.4 Å². The van der Waals surface area contributed by atoms with Gasteiger partial charge in [-0.25, -0.2) is 0 Å². The second-order valence-electron chi connectivity index (χ2n) is 6.46. The Balaban J connectivity index is 1.71. The molecule has 0 spiro atoms. The van der Waals surface area contributed by atoms with Gasteiger partial charge in [-0.2, -0.15) is 0 Å². The molecule has 5 heteroatoms. The molecule has 1 saturated carbocycles. The van der Waals surface area contributed by atoms with Crippen LogP contribution in [0.25, 0.3) is 0 Å². The third-order valence-corrected chi connectivity index (χ3v) is 4.62. The number of nitrogens with one attached hydrogen (secondary N) is 3. The average Bonchev–Trinajstić information content (AvgIpc) is 3.31. The number of benzene rings is 1. The van der Waals surface area contributed by atoms with Crippen molar-refractivity contribution in [1.82, 2.24) is 5.32 Å². The van der Waals surface area contributed by atoms with Gasteiger partial charge in [0.1, 0.15) is 0 Å². The van der Waals surface area contributed by atoms with Crippen LogP contribution < -0.4 is 16.0 Å². The molecule has 0 bridgehead atoms. The zero-order chi connectivity index (χ0) is 15.7. The molecule has 0 radical (unpaired) electrons. The Labute approximate surface area is 130 Å². The highest BCUT2D eigenvalue weighted by Gasteiger charge is 2.26. The number of carbonyl (C=O) groups is 2. The fraction of sp³-hybridized carbons (Fsp3) is 0.529. The lowest BCUT2D eigenvalue weighted by atomic mass is 10.0. The van der Waals surface area contributed by atoms with Gasteiger partial charge in [0.05, 0.1) is 17.3 Å². The van der Waals surface area contributed by atoms with E-state index in [1.54, 1.807) is 12.1 Å². The second-order valence-corrected chi connectivity index (χ2v) is 6.46. The van der Waals surface area contributed by atoms with E-state index in [-0.39, 0.29) is 23.8 Å². The summed E-state index contributed by atoms with van der Waals surface area (Å²) in [7, 11) is 0. The summed E-state index contributed by atoms with van der Waals surface area (Å²) in [6, 6.07) is 5.46. The zero-order valence-electron chi connectivity index (χ0n) is 13.1. The number of fused-ring (bicyclic) bond motifs is 1. The van der Waals surface area contributed by atoms with Gasteiger partial charge in [0, 0.05) is 18.2 Å². The molecule has 0 saturated heterocycles. The lowest BCUT2D eigenvalue weighted by molar-refractivity contribution is -0.119. The molecule has 2 aliphatic rings. The van der Waals surface area contributed by atoms with Crippen LogP contribution in [0.4, 0.5) is 11.4 Å². The van der Waals surface area contributed by atoms with Crippen LogP contribution in [0.2, 0.25) is 0 Å². The monoisotopic (exact) mass is 301 g/mol. The Bertz CT molecular complexity index is 596. The highest BCUT2D eigenvalue weighted by atomic mass is 16.2. The predicted molar refractivity (Wildman–Crippen MR) is 87.0 cm³/mol. The molecule has 1 aromatic carbocycles. The van der Waals surface area contributed by atoms with Crippen molar-refractivity contribution < 1.29 is 9.59 Å². The van der Waals surface area contributed by atoms with Crippen LogP contribution in [0.3, 0.4) is 0 Å². The van der Waals surface area contributed by atoms with Gasteiger partial charge < -0.3 is 16.0 Å². The van der Waals surface area contributed by atoms with Crippen molar-refractivity contribution in [3.63, 3.8) is 0 Å². The maximum atomic E-state index is 12.2. The van der Waals surface area contributed by atoms with Gasteiger partial charge in [-0.1, -0.05) is 19.8 Å². The molecule has 0 aromatic heterocycles. The van der Waals surface area contributed by atoms with Gasteiger partial charge in [-0.3, -0.25) is 9.59 Å². The normalized spacial score (nSPS) is 23.8. The zero-order valence-corrected chi connectivity index (χ0v) is 13.1. The third-order valence-electron chi connectivity index (χ3n) is 4.62. The molecule has 118 valence electrons. The summed E-state index contributed by atoms with van der Waals surface area (Å²) in [6.07, 6.45) is 3.65. The summed E-state index contributed by atoms with van der Waals surface area (Å²) in [5.41, 5.74) is 2.12. The van der Waals surface area contributed by atoms with Gasteiger partial charge in [0.2, 0.25) is 5.91 Å². The Morgan fingerprint density at radius 2 is 2.05 bits per heavy atom. The van der Waals surface area contributed by atoms with Crippen LogP contribution in [0.15, 0.2) is 18.2 Å². The first-order valence-corrected chi connectivity index (χ1v) is 8.04. The fourth-order valence-electron chi connectivity index (χ4n) is 2.66. The SMILES string of the molecule is CC1Nc2ccc(C(=O)NCCC3CC3)cc2NC(=O)C1C. The predicted octanol–water partition coefficient (Wildman–Crippen LogP) is 2.61. The van der Waals surface area contributed by atoms with Gasteiger partial charge in [0.25, 0.3) is 5.91 Å². The number of rotatable bonds is 4. The molecule has 2 atom stereocenters. The van der Waals surface area contributed by atoms with E-state index in [9.17, 15) is 9.59 Å². The Hall–Kier alpha value is -2.04. The smallest absolute Gasteiger partial charge is 0.251 e. The van der Waals surface area contributed by atoms with E-state index >= 15 is 0 Å². The molecule has 2 amide bonds. The average molecular weight is 301 g/mol. The van der Waals surface area contributed by atoms with Crippen LogP contribution in [-0.2, 0) is 4.79 Å². The largest absolute Gasteiger partial charge is 0.380 e. The minimum Gasteiger partial charge on any atom is -0.380 e. The molecule has 3 rings (SSSR count). The summed E-state index contributed by atoms with van der Waals surface area (Å²) >= 11 is 0. The van der Waals surface area contributed by atoms with Crippen molar-refractivity contribution in [2.75, 3.05) is 17.2 Å². The number of amides is 2. The first-order valence-electron chi connectivity index (χ1n) is 8.04. The van der Waals surface area contributed by atoms with E-state index in [0.29, 0.717) is 11.3 Å². The number of hydrogen-bond acceptors (Lipinski definition) is 3. The molecule has 5 nitrogen and oxygen atoms in total. The Morgan fingerprint density at radius 1 is 1.27 bits per heavy atom. The number of anilines is 2. The van der Waals surface area contributed by atoms with Crippen LogP contribution in [0.5, 0.6) is 0 Å². The van der Waals surface area contributed by atoms with Crippen molar-refractivity contribution in [2.24, 2.45) is 11.8 Å². The quantitative estimate of drug-likeness (QED) is 0.800. The van der Waals surface area contributed by atoms with Crippen molar-refractivity contribution in [2.45, 2.75) is 39.2 Å². The Morgan fingerprint density at radius 3 is 2.77 bits per heavy atom. The van der Waals surface area contributed by atoms with Crippen LogP contribution >= 0.6 is 0 Å². The fourth-order valence-corrected chi connectivity index (χ4v) is 2.66. The van der Waals surface area contributed by atoms with E-state index < -0.39 is 0 Å². The maximum Gasteiger partial charge on any atom is 0.251 e. The molecule has 1 fully saturated rings. The van der Waals surface area contributed by atoms with E-state index in [4.69, 9.17) is 0 Å². The molecule has 22 heavy (non-hydrogen) atoms. The van der Waals surface area contributed by atoms with Crippen molar-refractivity contribution in [3.8, 4) is 0 Å². The lowest BCUT2D eigenvalue weighted by Crippen LogP contribution is -2.30. The van der Waals surface area contributed by atoms with Crippen molar-refractivity contribution >= 4 is 23.2 Å². The van der Waals surface area contributed by atoms with Crippen molar-refractivity contribution in [1.29, 1.82) is 0 Å². The van der Waals surface area contributed by atoms with Gasteiger partial charge in [-0.05, 0) is 37.5 Å². The molecule has 1 aliphatic heterocycles. The maximum absolute atomic E-state index is 12.2. The van der Waals surface area contributed by atoms with E-state index in [1.165, 1.54) is 12.8 Å². The first-order chi connectivity index (χ1) is 10.5. The van der Waals surface area contributed by atoms with Gasteiger partial charge >= 0.3 is 0 Å². The highest BCUT2D eigenvalue weighted by molar-refractivity contribution is 6.01. The van der Waals surface area contributed by atoms with Crippen LogP contribution in [0.1, 0.15) is 43.5 Å². The standard InChI is InChI=1S/C17H23N3O2/c1-10-11(2)19-14-6-5-13(9-15(14)20-16(10)21)17(22)18-8-7-12-3-4-12/h5-6,9-12,19H,3-4,7-8H2,1-2H3,(H,18,22)(H,20,21). The second kappa shape index (κ2) is 5.99. The van der Waals surface area contributed by atoms with Crippen molar-refractivity contribution in [3.05, 3.63) is 23.8 Å². The van der Waals surface area contributed by atoms with E-state index in [2.05, 4.69) is 16.0 Å². The molecule has 1 aliphatic carbocycles. The van der Waals surface area contributed by atoms with Gasteiger partial charge in [0.15, 0.2) is 0 Å². The minimum absolute atomic E-state index is 0.0231. The summed E-state index contributed by atoms with van der Waals surface area (Å²) in [6.45, 7) is 4.60.